The number of hydrogen-bond acceptors (Lipinski definition) is 9. The normalized spacial score (nSPS) is 19.1. The number of nitrogens with zero attached hydrogens (tertiary/aromatic N) is 2. The van der Waals surface area contributed by atoms with Gasteiger partial charge < -0.3 is 24.1 Å². The van der Waals surface area contributed by atoms with E-state index in [1.165, 1.54) is 0 Å². The molecule has 0 spiro atoms. The van der Waals surface area contributed by atoms with Crippen molar-refractivity contribution < 1.29 is 28.8 Å². The summed E-state index contributed by atoms with van der Waals surface area (Å²) in [5.41, 5.74) is 3.88. The van der Waals surface area contributed by atoms with Crippen LogP contribution in [0.3, 0.4) is 0 Å². The molecule has 1 atom stereocenters. The van der Waals surface area contributed by atoms with E-state index in [2.05, 4.69) is 8.75 Å². The van der Waals surface area contributed by atoms with Crippen LogP contribution in [0.15, 0.2) is 66.2 Å². The second-order valence-corrected chi connectivity index (χ2v) is 8.48. The zero-order valence-electron chi connectivity index (χ0n) is 18.0. The number of carbonyl (C=O) groups excluding carboxylic acids is 1. The number of esters is 1. The van der Waals surface area contributed by atoms with Gasteiger partial charge in [-0.25, -0.2) is 4.79 Å². The highest BCUT2D eigenvalue weighted by molar-refractivity contribution is 7.00. The summed E-state index contributed by atoms with van der Waals surface area (Å²) in [6, 6.07) is 17.8. The van der Waals surface area contributed by atoms with E-state index in [-0.39, 0.29) is 18.8 Å². The third-order valence-electron chi connectivity index (χ3n) is 6.00. The lowest BCUT2D eigenvalue weighted by Crippen LogP contribution is -2.29. The van der Waals surface area contributed by atoms with Crippen LogP contribution in [-0.2, 0) is 21.7 Å². The van der Waals surface area contributed by atoms with Crippen LogP contribution in [0.1, 0.15) is 16.7 Å². The van der Waals surface area contributed by atoms with Gasteiger partial charge in [-0.05, 0) is 53.6 Å². The van der Waals surface area contributed by atoms with Crippen molar-refractivity contribution in [3.63, 3.8) is 0 Å². The molecular formula is C25H18N2O6S. The summed E-state index contributed by atoms with van der Waals surface area (Å²) in [6.07, 6.45) is 0.267. The highest BCUT2D eigenvalue weighted by atomic mass is 32.1. The predicted molar refractivity (Wildman–Crippen MR) is 124 cm³/mol. The first-order chi connectivity index (χ1) is 16.5. The van der Waals surface area contributed by atoms with Gasteiger partial charge in [-0.15, -0.1) is 0 Å². The summed E-state index contributed by atoms with van der Waals surface area (Å²) in [5, 5.41) is 11.9. The topological polar surface area (TPSA) is 100 Å². The van der Waals surface area contributed by atoms with E-state index >= 15 is 0 Å². The molecule has 4 aromatic rings. The number of aliphatic hydroxyl groups is 1. The van der Waals surface area contributed by atoms with Gasteiger partial charge in [0.25, 0.3) is 5.79 Å². The highest BCUT2D eigenvalue weighted by Crippen LogP contribution is 2.46. The number of cyclic esters (lactones) is 1. The average molecular weight is 474 g/mol. The number of rotatable bonds is 5. The highest BCUT2D eigenvalue weighted by Gasteiger charge is 2.48. The summed E-state index contributed by atoms with van der Waals surface area (Å²) in [4.78, 5) is 13.2. The second kappa shape index (κ2) is 7.82. The molecule has 0 amide bonds. The van der Waals surface area contributed by atoms with Gasteiger partial charge in [0, 0.05) is 17.6 Å². The molecule has 0 fully saturated rings. The van der Waals surface area contributed by atoms with E-state index in [9.17, 15) is 9.90 Å². The Morgan fingerprint density at radius 1 is 1.00 bits per heavy atom. The molecule has 6 rings (SSSR count). The third-order valence-corrected chi connectivity index (χ3v) is 6.56. The Hall–Kier alpha value is -3.95. The summed E-state index contributed by atoms with van der Waals surface area (Å²) < 4.78 is 30.3. The van der Waals surface area contributed by atoms with Crippen molar-refractivity contribution in [2.75, 3.05) is 13.9 Å². The van der Waals surface area contributed by atoms with Gasteiger partial charge in [0.1, 0.15) is 16.8 Å². The van der Waals surface area contributed by atoms with Crippen molar-refractivity contribution in [3.05, 3.63) is 82.9 Å². The number of fused-ring (bicyclic) bond motifs is 2. The molecule has 2 aliphatic heterocycles. The number of benzene rings is 3. The molecule has 0 bridgehead atoms. The van der Waals surface area contributed by atoms with Crippen LogP contribution in [0, 0.1) is 0 Å². The standard InChI is InChI=1S/C25H18N2O6S/c1-30-17-6-2-14(3-7-17)10-18-23(15-4-9-21-22(11-15)32-13-31-21)24(28)33-25(18,29)16-5-8-19-20(12-16)27-34-26-19/h2-9,11-12,29H,10,13H2,1H3. The summed E-state index contributed by atoms with van der Waals surface area (Å²) in [6.45, 7) is 0.118. The molecule has 1 aromatic heterocycles. The quantitative estimate of drug-likeness (QED) is 0.436. The fourth-order valence-corrected chi connectivity index (χ4v) is 4.78. The van der Waals surface area contributed by atoms with Crippen molar-refractivity contribution in [2.45, 2.75) is 12.2 Å². The molecule has 0 saturated carbocycles. The molecule has 8 nitrogen and oxygen atoms in total. The van der Waals surface area contributed by atoms with Crippen LogP contribution in [0.2, 0.25) is 0 Å². The number of carbonyl (C=O) groups is 1. The maximum atomic E-state index is 13.2. The minimum atomic E-state index is -1.97. The maximum absolute atomic E-state index is 13.2. The smallest absolute Gasteiger partial charge is 0.342 e. The summed E-state index contributed by atoms with van der Waals surface area (Å²) in [7, 11) is 1.60. The summed E-state index contributed by atoms with van der Waals surface area (Å²) >= 11 is 1.08. The molecule has 34 heavy (non-hydrogen) atoms. The van der Waals surface area contributed by atoms with Crippen LogP contribution in [0.4, 0.5) is 0 Å². The van der Waals surface area contributed by atoms with Crippen molar-refractivity contribution in [1.29, 1.82) is 0 Å². The molecule has 2 aliphatic rings. The number of aromatic nitrogens is 2. The van der Waals surface area contributed by atoms with Gasteiger partial charge in [-0.3, -0.25) is 0 Å². The van der Waals surface area contributed by atoms with E-state index in [0.29, 0.717) is 45.0 Å². The lowest BCUT2D eigenvalue weighted by Gasteiger charge is -2.25. The maximum Gasteiger partial charge on any atom is 0.342 e. The lowest BCUT2D eigenvalue weighted by atomic mass is 9.88. The second-order valence-electron chi connectivity index (χ2n) is 7.95. The minimum absolute atomic E-state index is 0.118. The van der Waals surface area contributed by atoms with Gasteiger partial charge >= 0.3 is 5.97 Å². The van der Waals surface area contributed by atoms with Crippen molar-refractivity contribution in [1.82, 2.24) is 8.75 Å². The van der Waals surface area contributed by atoms with Gasteiger partial charge in [0.05, 0.1) is 24.4 Å². The molecule has 1 N–H and O–H groups in total. The largest absolute Gasteiger partial charge is 0.497 e. The molecule has 0 radical (unpaired) electrons. The third kappa shape index (κ3) is 3.28. The fraction of sp³-hybridized carbons (Fsp3) is 0.160. The average Bonchev–Trinajstić information content (AvgIpc) is 3.57. The van der Waals surface area contributed by atoms with Crippen molar-refractivity contribution in [3.8, 4) is 17.2 Å². The van der Waals surface area contributed by atoms with Crippen molar-refractivity contribution in [2.24, 2.45) is 0 Å². The molecule has 0 saturated heterocycles. The Balaban J connectivity index is 1.52. The molecule has 0 aliphatic carbocycles. The Morgan fingerprint density at radius 2 is 1.79 bits per heavy atom. The van der Waals surface area contributed by atoms with Crippen LogP contribution in [0.25, 0.3) is 16.6 Å². The first-order valence-corrected chi connectivity index (χ1v) is 11.2. The van der Waals surface area contributed by atoms with E-state index in [0.717, 1.165) is 17.3 Å². The Morgan fingerprint density at radius 3 is 2.62 bits per heavy atom. The van der Waals surface area contributed by atoms with E-state index in [1.54, 1.807) is 43.5 Å². The Kier molecular flexibility index (Phi) is 4.75. The number of ether oxygens (including phenoxy) is 4. The molecule has 9 heteroatoms. The van der Waals surface area contributed by atoms with Gasteiger partial charge in [-0.1, -0.05) is 18.2 Å². The Labute approximate surface area is 198 Å². The number of hydrogen-bond donors (Lipinski definition) is 1. The van der Waals surface area contributed by atoms with Gasteiger partial charge in [0.15, 0.2) is 11.5 Å². The lowest BCUT2D eigenvalue weighted by molar-refractivity contribution is -0.185. The van der Waals surface area contributed by atoms with Crippen LogP contribution < -0.4 is 14.2 Å². The minimum Gasteiger partial charge on any atom is -0.497 e. The first kappa shape index (κ1) is 20.6. The van der Waals surface area contributed by atoms with E-state index in [4.69, 9.17) is 18.9 Å². The molecule has 1 unspecified atom stereocenters. The van der Waals surface area contributed by atoms with Gasteiger partial charge in [-0.2, -0.15) is 8.75 Å². The van der Waals surface area contributed by atoms with E-state index in [1.807, 2.05) is 24.3 Å². The zero-order chi connectivity index (χ0) is 23.3. The Bertz CT molecular complexity index is 1460. The fourth-order valence-electron chi connectivity index (χ4n) is 4.27. The SMILES string of the molecule is COc1ccc(CC2=C(c3ccc4c(c3)OCO4)C(=O)OC2(O)c2ccc3nsnc3c2)cc1. The van der Waals surface area contributed by atoms with Crippen LogP contribution >= 0.6 is 11.7 Å². The molecule has 170 valence electrons. The van der Waals surface area contributed by atoms with Crippen LogP contribution in [-0.4, -0.2) is 33.7 Å². The monoisotopic (exact) mass is 474 g/mol. The molecule has 3 aromatic carbocycles. The van der Waals surface area contributed by atoms with E-state index < -0.39 is 11.8 Å². The van der Waals surface area contributed by atoms with Crippen molar-refractivity contribution >= 4 is 34.3 Å². The summed E-state index contributed by atoms with van der Waals surface area (Å²) in [5.74, 6) is -0.748. The number of methoxy groups -OCH3 is 1. The van der Waals surface area contributed by atoms with Crippen LogP contribution in [0.5, 0.6) is 17.2 Å². The molecule has 3 heterocycles. The van der Waals surface area contributed by atoms with Gasteiger partial charge in [0.2, 0.25) is 6.79 Å². The molecular weight excluding hydrogens is 456 g/mol. The predicted octanol–water partition coefficient (Wildman–Crippen LogP) is 3.83. The first-order valence-electron chi connectivity index (χ1n) is 10.5. The zero-order valence-corrected chi connectivity index (χ0v) is 18.8.